The van der Waals surface area contributed by atoms with Crippen LogP contribution in [0.4, 0.5) is 14.5 Å². The molecule has 1 aromatic rings. The third-order valence-electron chi connectivity index (χ3n) is 1.16. The van der Waals surface area contributed by atoms with Gasteiger partial charge in [-0.1, -0.05) is 0 Å². The zero-order valence-corrected chi connectivity index (χ0v) is 7.71. The van der Waals surface area contributed by atoms with E-state index in [2.05, 4.69) is 0 Å². The van der Waals surface area contributed by atoms with Crippen LogP contribution in [0.2, 0.25) is 0 Å². The predicted molar refractivity (Wildman–Crippen MR) is 45.7 cm³/mol. The minimum atomic E-state index is -1.15. The number of halogens is 3. The highest BCUT2D eigenvalue weighted by Gasteiger charge is 2.19. The molecule has 0 fully saturated rings. The lowest BCUT2D eigenvalue weighted by atomic mass is 10.3. The van der Waals surface area contributed by atoms with E-state index in [4.69, 9.17) is 0 Å². The summed E-state index contributed by atoms with van der Waals surface area (Å²) in [6.45, 7) is 0. The molecule has 0 atom stereocenters. The van der Waals surface area contributed by atoms with Crippen molar-refractivity contribution in [3.8, 4) is 0 Å². The highest BCUT2D eigenvalue weighted by Crippen LogP contribution is 2.24. The highest BCUT2D eigenvalue weighted by molar-refractivity contribution is 14.1. The van der Waals surface area contributed by atoms with Gasteiger partial charge in [-0.15, -0.1) is 0 Å². The lowest BCUT2D eigenvalue weighted by Gasteiger charge is -1.96. The average Bonchev–Trinajstić information content (AvgIpc) is 1.82. The fourth-order valence-corrected chi connectivity index (χ4v) is 1.46. The van der Waals surface area contributed by atoms with Crippen molar-refractivity contribution in [2.45, 2.75) is 0 Å². The first-order valence-electron chi connectivity index (χ1n) is 2.81. The summed E-state index contributed by atoms with van der Waals surface area (Å²) in [5, 5.41) is 10.2. The first-order chi connectivity index (χ1) is 5.52. The highest BCUT2D eigenvalue weighted by atomic mass is 127. The summed E-state index contributed by atoms with van der Waals surface area (Å²) >= 11 is 1.51. The van der Waals surface area contributed by atoms with Gasteiger partial charge in [0.1, 0.15) is 5.82 Å². The summed E-state index contributed by atoms with van der Waals surface area (Å²) in [6.07, 6.45) is 0. The SMILES string of the molecule is O=[N+]([O-])c1c(F)cc(F)cc1I. The van der Waals surface area contributed by atoms with Crippen LogP contribution in [0, 0.1) is 25.3 Å². The third kappa shape index (κ3) is 1.68. The van der Waals surface area contributed by atoms with Gasteiger partial charge in [-0.3, -0.25) is 10.1 Å². The maximum Gasteiger partial charge on any atom is 0.318 e. The lowest BCUT2D eigenvalue weighted by molar-refractivity contribution is -0.388. The first-order valence-corrected chi connectivity index (χ1v) is 3.89. The topological polar surface area (TPSA) is 43.1 Å². The van der Waals surface area contributed by atoms with E-state index in [0.29, 0.717) is 6.07 Å². The Morgan fingerprint density at radius 3 is 2.42 bits per heavy atom. The van der Waals surface area contributed by atoms with Crippen molar-refractivity contribution in [2.75, 3.05) is 0 Å². The molecule has 0 radical (unpaired) electrons. The molecule has 12 heavy (non-hydrogen) atoms. The largest absolute Gasteiger partial charge is 0.318 e. The third-order valence-corrected chi connectivity index (χ3v) is 1.99. The number of hydrogen-bond acceptors (Lipinski definition) is 2. The molecule has 0 saturated heterocycles. The van der Waals surface area contributed by atoms with Crippen LogP contribution in [0.3, 0.4) is 0 Å². The normalized spacial score (nSPS) is 9.92. The van der Waals surface area contributed by atoms with Crippen LogP contribution in [-0.4, -0.2) is 4.92 Å². The Morgan fingerprint density at radius 2 is 2.00 bits per heavy atom. The van der Waals surface area contributed by atoms with Gasteiger partial charge in [-0.2, -0.15) is 4.39 Å². The van der Waals surface area contributed by atoms with E-state index in [0.717, 1.165) is 6.07 Å². The van der Waals surface area contributed by atoms with Crippen molar-refractivity contribution in [1.82, 2.24) is 0 Å². The first kappa shape index (κ1) is 9.30. The Bertz CT molecular complexity index is 319. The summed E-state index contributed by atoms with van der Waals surface area (Å²) in [4.78, 5) is 9.31. The van der Waals surface area contributed by atoms with Gasteiger partial charge in [0.2, 0.25) is 5.82 Å². The van der Waals surface area contributed by atoms with Crippen molar-refractivity contribution < 1.29 is 13.7 Å². The lowest BCUT2D eigenvalue weighted by Crippen LogP contribution is -1.96. The van der Waals surface area contributed by atoms with Gasteiger partial charge >= 0.3 is 5.69 Å². The molecule has 0 amide bonds. The number of nitro benzene ring substituents is 1. The zero-order chi connectivity index (χ0) is 9.30. The fraction of sp³-hybridized carbons (Fsp3) is 0. The molecule has 6 heteroatoms. The standard InChI is InChI=1S/C6H2F2INO2/c7-3-1-4(8)6(10(11)12)5(9)2-3/h1-2H. The van der Waals surface area contributed by atoms with Crippen LogP contribution >= 0.6 is 22.6 Å². The molecule has 0 bridgehead atoms. The molecule has 1 aromatic carbocycles. The number of nitrogens with zero attached hydrogens (tertiary/aromatic N) is 1. The predicted octanol–water partition coefficient (Wildman–Crippen LogP) is 2.48. The molecule has 0 unspecified atom stereocenters. The summed E-state index contributed by atoms with van der Waals surface area (Å²) in [5.74, 6) is -1.97. The van der Waals surface area contributed by atoms with Crippen molar-refractivity contribution in [2.24, 2.45) is 0 Å². The summed E-state index contributed by atoms with van der Waals surface area (Å²) in [6, 6.07) is 1.39. The molecule has 0 aliphatic carbocycles. The van der Waals surface area contributed by atoms with E-state index in [1.54, 1.807) is 0 Å². The molecule has 1 rings (SSSR count). The Hall–Kier alpha value is -0.790. The van der Waals surface area contributed by atoms with Crippen LogP contribution in [0.15, 0.2) is 12.1 Å². The molecule has 0 aliphatic heterocycles. The van der Waals surface area contributed by atoms with E-state index in [1.165, 1.54) is 22.6 Å². The van der Waals surface area contributed by atoms with Crippen molar-refractivity contribution >= 4 is 28.3 Å². The van der Waals surface area contributed by atoms with E-state index in [1.807, 2.05) is 0 Å². The van der Waals surface area contributed by atoms with E-state index in [9.17, 15) is 18.9 Å². The van der Waals surface area contributed by atoms with Crippen LogP contribution in [0.5, 0.6) is 0 Å². The van der Waals surface area contributed by atoms with Gasteiger partial charge in [0.05, 0.1) is 8.49 Å². The molecule has 0 N–H and O–H groups in total. The van der Waals surface area contributed by atoms with Crippen LogP contribution in [0.25, 0.3) is 0 Å². The summed E-state index contributed by atoms with van der Waals surface area (Å²) < 4.78 is 25.0. The second kappa shape index (κ2) is 3.30. The van der Waals surface area contributed by atoms with Gasteiger partial charge < -0.3 is 0 Å². The molecular weight excluding hydrogens is 283 g/mol. The van der Waals surface area contributed by atoms with Crippen molar-refractivity contribution in [3.63, 3.8) is 0 Å². The van der Waals surface area contributed by atoms with Gasteiger partial charge in [-0.25, -0.2) is 4.39 Å². The zero-order valence-electron chi connectivity index (χ0n) is 5.55. The van der Waals surface area contributed by atoms with Crippen LogP contribution in [-0.2, 0) is 0 Å². The summed E-state index contributed by atoms with van der Waals surface area (Å²) in [5.41, 5.74) is -0.683. The van der Waals surface area contributed by atoms with Crippen LogP contribution < -0.4 is 0 Å². The Balaban J connectivity index is 3.38. The minimum Gasteiger partial charge on any atom is -0.258 e. The van der Waals surface area contributed by atoms with E-state index in [-0.39, 0.29) is 3.57 Å². The number of hydrogen-bond donors (Lipinski definition) is 0. The average molecular weight is 285 g/mol. The van der Waals surface area contributed by atoms with Gasteiger partial charge in [0.15, 0.2) is 0 Å². The number of nitro groups is 1. The maximum atomic E-state index is 12.7. The van der Waals surface area contributed by atoms with E-state index < -0.39 is 22.2 Å². The number of rotatable bonds is 1. The monoisotopic (exact) mass is 285 g/mol. The molecule has 64 valence electrons. The van der Waals surface area contributed by atoms with E-state index >= 15 is 0 Å². The minimum absolute atomic E-state index is 0.0462. The fourth-order valence-electron chi connectivity index (χ4n) is 0.709. The second-order valence-electron chi connectivity index (χ2n) is 1.98. The molecule has 0 aliphatic rings. The smallest absolute Gasteiger partial charge is 0.258 e. The molecule has 0 heterocycles. The molecular formula is C6H2F2INO2. The van der Waals surface area contributed by atoms with Gasteiger partial charge in [-0.05, 0) is 28.7 Å². The van der Waals surface area contributed by atoms with Crippen molar-refractivity contribution in [3.05, 3.63) is 37.5 Å². The second-order valence-corrected chi connectivity index (χ2v) is 3.14. The van der Waals surface area contributed by atoms with Gasteiger partial charge in [0.25, 0.3) is 0 Å². The summed E-state index contributed by atoms with van der Waals surface area (Å²) in [7, 11) is 0. The Morgan fingerprint density at radius 1 is 1.42 bits per heavy atom. The Labute approximate surface area is 79.7 Å². The molecule has 3 nitrogen and oxygen atoms in total. The quantitative estimate of drug-likeness (QED) is 0.452. The molecule has 0 saturated carbocycles. The molecule has 0 spiro atoms. The number of benzene rings is 1. The van der Waals surface area contributed by atoms with Gasteiger partial charge in [0, 0.05) is 6.07 Å². The van der Waals surface area contributed by atoms with Crippen molar-refractivity contribution in [1.29, 1.82) is 0 Å². The molecule has 0 aromatic heterocycles. The maximum absolute atomic E-state index is 12.7. The van der Waals surface area contributed by atoms with Crippen LogP contribution in [0.1, 0.15) is 0 Å². The Kier molecular flexibility index (Phi) is 2.55.